The molecule has 0 saturated heterocycles. The van der Waals surface area contributed by atoms with Crippen LogP contribution in [0.15, 0.2) is 53.6 Å². The van der Waals surface area contributed by atoms with Gasteiger partial charge < -0.3 is 19.7 Å². The molecule has 40 heavy (non-hydrogen) atoms. The number of hydrogen-bond acceptors (Lipinski definition) is 9. The number of nitrogens with one attached hydrogen (secondary N) is 1. The highest BCUT2D eigenvalue weighted by molar-refractivity contribution is 7.99. The van der Waals surface area contributed by atoms with E-state index in [0.29, 0.717) is 11.2 Å². The molecule has 0 fully saturated rings. The Morgan fingerprint density at radius 2 is 1.77 bits per heavy atom. The zero-order valence-electron chi connectivity index (χ0n) is 22.5. The Balaban J connectivity index is 0.000000810. The van der Waals surface area contributed by atoms with Gasteiger partial charge >= 0.3 is 11.9 Å². The Morgan fingerprint density at radius 1 is 1.10 bits per heavy atom. The molecule has 1 N–H and O–H groups in total. The monoisotopic (exact) mass is 561 g/mol. The number of esters is 2. The number of nitriles is 1. The maximum Gasteiger partial charge on any atom is 0.339 e. The summed E-state index contributed by atoms with van der Waals surface area (Å²) in [6.07, 6.45) is 0.750. The quantitative estimate of drug-likeness (QED) is 0.203. The first-order chi connectivity index (χ1) is 19.1. The number of hydrogen-bond donors (Lipinski definition) is 1. The van der Waals surface area contributed by atoms with Crippen molar-refractivity contribution in [3.8, 4) is 6.07 Å². The minimum absolute atomic E-state index is 0.00396. The van der Waals surface area contributed by atoms with E-state index >= 15 is 0 Å². The van der Waals surface area contributed by atoms with E-state index in [0.717, 1.165) is 28.0 Å². The first-order valence-corrected chi connectivity index (χ1v) is 12.8. The number of ether oxygens (including phenoxy) is 2. The van der Waals surface area contributed by atoms with E-state index in [4.69, 9.17) is 9.47 Å². The number of carbonyl (C=O) groups excluding carboxylic acids is 4. The maximum absolute atomic E-state index is 12.9. The Labute approximate surface area is 234 Å². The third-order valence-electron chi connectivity index (χ3n) is 5.53. The number of fused-ring (bicyclic) bond motifs is 3. The van der Waals surface area contributed by atoms with Crippen LogP contribution in [0.3, 0.4) is 0 Å². The van der Waals surface area contributed by atoms with E-state index in [1.165, 1.54) is 49.1 Å². The minimum atomic E-state index is -0.654. The molecule has 2 amide bonds. The van der Waals surface area contributed by atoms with Crippen molar-refractivity contribution < 1.29 is 28.7 Å². The third kappa shape index (κ3) is 6.57. The van der Waals surface area contributed by atoms with Gasteiger partial charge in [0.25, 0.3) is 0 Å². The number of aryl methyl sites for hydroxylation is 1. The molecular weight excluding hydrogens is 534 g/mol. The van der Waals surface area contributed by atoms with Crippen LogP contribution in [0, 0.1) is 18.3 Å². The van der Waals surface area contributed by atoms with Crippen molar-refractivity contribution in [3.05, 3.63) is 70.8 Å². The fraction of sp³-hybridized carbons (Fsp3) is 0.214. The van der Waals surface area contributed by atoms with Gasteiger partial charge in [-0.25, -0.2) is 14.6 Å². The summed E-state index contributed by atoms with van der Waals surface area (Å²) in [4.78, 5) is 52.4. The molecular formula is C28H27N5O6S. The van der Waals surface area contributed by atoms with Crippen LogP contribution in [-0.2, 0) is 19.1 Å². The molecule has 0 radical (unpaired) electrons. The van der Waals surface area contributed by atoms with Crippen LogP contribution in [0.2, 0.25) is 0 Å². The van der Waals surface area contributed by atoms with Crippen LogP contribution in [0.4, 0.5) is 5.69 Å². The standard InChI is InChI=1S/C25H20N4O5S.C3H7NO/c1-14-10-22(29-20-7-5-4-6-18(20)28-23(29)17(14)12-26)35-13-21(30)27-19-11-15(24(31)33-2)8-9-16(19)25(32)34-3;1-4(2)3-5/h4-11H,13H2,1-3H3,(H,27,30);3H,1-2H3. The lowest BCUT2D eigenvalue weighted by Crippen LogP contribution is -2.18. The minimum Gasteiger partial charge on any atom is -0.465 e. The van der Waals surface area contributed by atoms with Crippen molar-refractivity contribution >= 4 is 58.4 Å². The second-order valence-corrected chi connectivity index (χ2v) is 9.56. The molecule has 2 heterocycles. The van der Waals surface area contributed by atoms with Gasteiger partial charge in [0.05, 0.1) is 58.4 Å². The molecule has 0 saturated carbocycles. The molecule has 11 nitrogen and oxygen atoms in total. The molecule has 0 spiro atoms. The van der Waals surface area contributed by atoms with Gasteiger partial charge in [-0.1, -0.05) is 23.9 Å². The number of imidazole rings is 1. The van der Waals surface area contributed by atoms with Crippen LogP contribution in [0.5, 0.6) is 0 Å². The van der Waals surface area contributed by atoms with E-state index in [2.05, 4.69) is 16.4 Å². The fourth-order valence-corrected chi connectivity index (χ4v) is 4.59. The number of anilines is 1. The SMILES string of the molecule is CN(C)C=O.COC(=O)c1ccc(C(=O)OC)c(NC(=O)CSc2cc(C)c(C#N)c3nc4ccccc4n23)c1. The maximum atomic E-state index is 12.9. The Kier molecular flexibility index (Phi) is 9.83. The zero-order chi connectivity index (χ0) is 29.4. The predicted octanol–water partition coefficient (Wildman–Crippen LogP) is 3.68. The summed E-state index contributed by atoms with van der Waals surface area (Å²) < 4.78 is 11.4. The number of carbonyl (C=O) groups is 4. The first-order valence-electron chi connectivity index (χ1n) is 11.8. The van der Waals surface area contributed by atoms with Crippen LogP contribution >= 0.6 is 11.8 Å². The lowest BCUT2D eigenvalue weighted by Gasteiger charge is -2.12. The third-order valence-corrected chi connectivity index (χ3v) is 6.54. The fourth-order valence-electron chi connectivity index (χ4n) is 3.67. The highest BCUT2D eigenvalue weighted by Gasteiger charge is 2.19. The van der Waals surface area contributed by atoms with Crippen molar-refractivity contribution in [2.24, 2.45) is 0 Å². The molecule has 0 aliphatic rings. The number of benzene rings is 2. The lowest BCUT2D eigenvalue weighted by atomic mass is 10.1. The molecule has 0 bridgehead atoms. The zero-order valence-corrected chi connectivity index (χ0v) is 23.4. The number of methoxy groups -OCH3 is 2. The van der Waals surface area contributed by atoms with Crippen molar-refractivity contribution in [1.29, 1.82) is 5.26 Å². The number of amides is 2. The topological polar surface area (TPSA) is 143 Å². The number of thioether (sulfide) groups is 1. The van der Waals surface area contributed by atoms with E-state index in [9.17, 15) is 24.4 Å². The normalized spacial score (nSPS) is 10.2. The predicted molar refractivity (Wildman–Crippen MR) is 150 cm³/mol. The molecule has 0 atom stereocenters. The largest absolute Gasteiger partial charge is 0.465 e. The van der Waals surface area contributed by atoms with E-state index in [1.807, 2.05) is 41.7 Å². The van der Waals surface area contributed by atoms with Gasteiger partial charge in [-0.15, -0.1) is 0 Å². The molecule has 0 unspecified atom stereocenters. The number of pyridine rings is 1. The summed E-state index contributed by atoms with van der Waals surface area (Å²) in [5, 5.41) is 13.1. The summed E-state index contributed by atoms with van der Waals surface area (Å²) in [6, 6.07) is 15.8. The molecule has 206 valence electrons. The number of nitrogens with zero attached hydrogens (tertiary/aromatic N) is 4. The number of rotatable bonds is 7. The van der Waals surface area contributed by atoms with Crippen molar-refractivity contribution in [2.75, 3.05) is 39.4 Å². The molecule has 2 aromatic carbocycles. The molecule has 0 aliphatic carbocycles. The van der Waals surface area contributed by atoms with Gasteiger partial charge in [0.2, 0.25) is 12.3 Å². The van der Waals surface area contributed by atoms with Crippen LogP contribution in [-0.4, -0.2) is 72.6 Å². The highest BCUT2D eigenvalue weighted by Crippen LogP contribution is 2.29. The van der Waals surface area contributed by atoms with Gasteiger partial charge in [-0.05, 0) is 48.9 Å². The first kappa shape index (κ1) is 29.7. The average Bonchev–Trinajstić information content (AvgIpc) is 3.34. The van der Waals surface area contributed by atoms with Crippen molar-refractivity contribution in [3.63, 3.8) is 0 Å². The van der Waals surface area contributed by atoms with Gasteiger partial charge in [0.1, 0.15) is 6.07 Å². The van der Waals surface area contributed by atoms with Gasteiger partial charge in [-0.3, -0.25) is 14.0 Å². The number of para-hydroxylation sites is 2. The van der Waals surface area contributed by atoms with E-state index < -0.39 is 17.8 Å². The molecule has 12 heteroatoms. The van der Waals surface area contributed by atoms with Gasteiger partial charge in [0.15, 0.2) is 5.65 Å². The Hall–Kier alpha value is -4.89. The van der Waals surface area contributed by atoms with Gasteiger partial charge in [0, 0.05) is 14.1 Å². The molecule has 0 aliphatic heterocycles. The summed E-state index contributed by atoms with van der Waals surface area (Å²) in [5.41, 5.74) is 3.72. The van der Waals surface area contributed by atoms with Crippen LogP contribution < -0.4 is 5.32 Å². The van der Waals surface area contributed by atoms with Crippen molar-refractivity contribution in [2.45, 2.75) is 11.9 Å². The van der Waals surface area contributed by atoms with Crippen LogP contribution in [0.1, 0.15) is 31.8 Å². The van der Waals surface area contributed by atoms with Crippen LogP contribution in [0.25, 0.3) is 16.7 Å². The van der Waals surface area contributed by atoms with E-state index in [-0.39, 0.29) is 22.6 Å². The molecule has 2 aromatic heterocycles. The second-order valence-electron chi connectivity index (χ2n) is 8.56. The Morgan fingerprint density at radius 3 is 2.40 bits per heavy atom. The summed E-state index contributed by atoms with van der Waals surface area (Å²) in [6.45, 7) is 1.82. The molecule has 4 rings (SSSR count). The van der Waals surface area contributed by atoms with E-state index in [1.54, 1.807) is 14.1 Å². The average molecular weight is 562 g/mol. The lowest BCUT2D eigenvalue weighted by molar-refractivity contribution is -0.116. The Bertz CT molecular complexity index is 1640. The van der Waals surface area contributed by atoms with Crippen molar-refractivity contribution in [1.82, 2.24) is 14.3 Å². The molecule has 4 aromatic rings. The number of aromatic nitrogens is 2. The summed E-state index contributed by atoms with van der Waals surface area (Å²) in [5.74, 6) is -1.66. The second kappa shape index (κ2) is 13.3. The highest BCUT2D eigenvalue weighted by atomic mass is 32.2. The summed E-state index contributed by atoms with van der Waals surface area (Å²) >= 11 is 1.26. The van der Waals surface area contributed by atoms with Gasteiger partial charge in [-0.2, -0.15) is 5.26 Å². The smallest absolute Gasteiger partial charge is 0.339 e. The summed E-state index contributed by atoms with van der Waals surface area (Å²) in [7, 11) is 5.84.